The van der Waals surface area contributed by atoms with Crippen molar-refractivity contribution in [2.75, 3.05) is 7.05 Å². The van der Waals surface area contributed by atoms with Crippen LogP contribution in [0.3, 0.4) is 0 Å². The van der Waals surface area contributed by atoms with E-state index in [9.17, 15) is 4.79 Å². The van der Waals surface area contributed by atoms with Gasteiger partial charge in [0.25, 0.3) is 0 Å². The average molecular weight is 255 g/mol. The van der Waals surface area contributed by atoms with Crippen molar-refractivity contribution >= 4 is 17.2 Å². The van der Waals surface area contributed by atoms with E-state index < -0.39 is 6.04 Å². The van der Waals surface area contributed by atoms with E-state index in [0.717, 1.165) is 16.3 Å². The largest absolute Gasteiger partial charge is 0.339 e. The van der Waals surface area contributed by atoms with Gasteiger partial charge in [0.1, 0.15) is 0 Å². The highest BCUT2D eigenvalue weighted by atomic mass is 32.1. The summed E-state index contributed by atoms with van der Waals surface area (Å²) in [4.78, 5) is 18.9. The molecule has 0 aliphatic rings. The van der Waals surface area contributed by atoms with E-state index >= 15 is 0 Å². The molecule has 1 amide bonds. The molecule has 5 heteroatoms. The zero-order valence-electron chi connectivity index (χ0n) is 10.9. The van der Waals surface area contributed by atoms with E-state index in [2.05, 4.69) is 18.8 Å². The molecular formula is C12H21N3OS. The maximum absolute atomic E-state index is 12.0. The fourth-order valence-electron chi connectivity index (χ4n) is 1.68. The molecule has 4 nitrogen and oxygen atoms in total. The lowest BCUT2D eigenvalue weighted by atomic mass is 10.0. The Morgan fingerprint density at radius 2 is 2.24 bits per heavy atom. The van der Waals surface area contributed by atoms with Crippen LogP contribution in [-0.4, -0.2) is 28.9 Å². The second kappa shape index (κ2) is 6.12. The third kappa shape index (κ3) is 4.44. The van der Waals surface area contributed by atoms with Gasteiger partial charge in [0, 0.05) is 18.1 Å². The van der Waals surface area contributed by atoms with Gasteiger partial charge in [-0.25, -0.2) is 4.98 Å². The van der Waals surface area contributed by atoms with E-state index in [4.69, 9.17) is 5.73 Å². The predicted octanol–water partition coefficient (Wildman–Crippen LogP) is 1.78. The van der Waals surface area contributed by atoms with Gasteiger partial charge in [0.05, 0.1) is 17.6 Å². The molecule has 1 atom stereocenters. The van der Waals surface area contributed by atoms with Crippen LogP contribution in [0.15, 0.2) is 6.20 Å². The summed E-state index contributed by atoms with van der Waals surface area (Å²) in [5, 5.41) is 1.02. The first-order chi connectivity index (χ1) is 7.90. The summed E-state index contributed by atoms with van der Waals surface area (Å²) in [6.45, 7) is 6.69. The molecule has 1 aromatic heterocycles. The molecule has 2 N–H and O–H groups in total. The smallest absolute Gasteiger partial charge is 0.239 e. The van der Waals surface area contributed by atoms with Crippen LogP contribution in [-0.2, 0) is 11.3 Å². The van der Waals surface area contributed by atoms with Gasteiger partial charge in [-0.3, -0.25) is 4.79 Å². The van der Waals surface area contributed by atoms with Crippen molar-refractivity contribution in [3.05, 3.63) is 16.1 Å². The lowest BCUT2D eigenvalue weighted by Crippen LogP contribution is -2.42. The number of thiazole rings is 1. The maximum atomic E-state index is 12.0. The van der Waals surface area contributed by atoms with Gasteiger partial charge in [0.15, 0.2) is 0 Å². The highest BCUT2D eigenvalue weighted by molar-refractivity contribution is 7.11. The molecule has 0 aliphatic carbocycles. The summed E-state index contributed by atoms with van der Waals surface area (Å²) in [5.41, 5.74) is 5.87. The maximum Gasteiger partial charge on any atom is 0.239 e. The number of aromatic nitrogens is 1. The molecule has 0 spiro atoms. The second-order valence-electron chi connectivity index (χ2n) is 4.78. The van der Waals surface area contributed by atoms with Crippen molar-refractivity contribution < 1.29 is 4.79 Å². The van der Waals surface area contributed by atoms with Gasteiger partial charge < -0.3 is 10.6 Å². The van der Waals surface area contributed by atoms with Crippen LogP contribution in [0, 0.1) is 12.8 Å². The molecular weight excluding hydrogens is 234 g/mol. The van der Waals surface area contributed by atoms with Crippen LogP contribution in [0.25, 0.3) is 0 Å². The van der Waals surface area contributed by atoms with Crippen LogP contribution in [0.4, 0.5) is 0 Å². The number of rotatable bonds is 5. The molecule has 1 heterocycles. The molecule has 1 aromatic rings. The van der Waals surface area contributed by atoms with Crippen LogP contribution in [0.2, 0.25) is 0 Å². The van der Waals surface area contributed by atoms with E-state index in [-0.39, 0.29) is 5.91 Å². The molecule has 0 saturated carbocycles. The third-order valence-electron chi connectivity index (χ3n) is 2.48. The van der Waals surface area contributed by atoms with Crippen LogP contribution in [0.5, 0.6) is 0 Å². The number of nitrogens with zero attached hydrogens (tertiary/aromatic N) is 2. The molecule has 0 aromatic carbocycles. The Kier molecular flexibility index (Phi) is 5.08. The fraction of sp³-hybridized carbons (Fsp3) is 0.667. The van der Waals surface area contributed by atoms with E-state index in [0.29, 0.717) is 12.5 Å². The number of amides is 1. The molecule has 1 rings (SSSR count). The fourth-order valence-corrected chi connectivity index (χ4v) is 2.53. The normalized spacial score (nSPS) is 12.8. The van der Waals surface area contributed by atoms with Crippen molar-refractivity contribution in [3.8, 4) is 0 Å². The Bertz CT molecular complexity index is 376. The van der Waals surface area contributed by atoms with Gasteiger partial charge >= 0.3 is 0 Å². The lowest BCUT2D eigenvalue weighted by Gasteiger charge is -2.21. The van der Waals surface area contributed by atoms with Crippen LogP contribution < -0.4 is 5.73 Å². The summed E-state index contributed by atoms with van der Waals surface area (Å²) in [5.74, 6) is 0.442. The van der Waals surface area contributed by atoms with Crippen molar-refractivity contribution in [3.63, 3.8) is 0 Å². The molecule has 0 radical (unpaired) electrons. The lowest BCUT2D eigenvalue weighted by molar-refractivity contribution is -0.132. The summed E-state index contributed by atoms with van der Waals surface area (Å²) in [7, 11) is 1.79. The molecule has 0 bridgehead atoms. The quantitative estimate of drug-likeness (QED) is 0.872. The van der Waals surface area contributed by atoms with Crippen molar-refractivity contribution in [1.29, 1.82) is 0 Å². The minimum absolute atomic E-state index is 0.00440. The summed E-state index contributed by atoms with van der Waals surface area (Å²) >= 11 is 1.61. The Labute approximate surface area is 107 Å². The Morgan fingerprint density at radius 1 is 1.59 bits per heavy atom. The molecule has 0 aliphatic heterocycles. The Balaban J connectivity index is 2.52. The minimum Gasteiger partial charge on any atom is -0.339 e. The Hall–Kier alpha value is -0.940. The Morgan fingerprint density at radius 3 is 2.71 bits per heavy atom. The van der Waals surface area contributed by atoms with Crippen LogP contribution in [0.1, 0.15) is 30.2 Å². The highest BCUT2D eigenvalue weighted by Crippen LogP contribution is 2.14. The first kappa shape index (κ1) is 14.1. The van der Waals surface area contributed by atoms with Gasteiger partial charge in [-0.1, -0.05) is 13.8 Å². The van der Waals surface area contributed by atoms with Crippen LogP contribution >= 0.6 is 11.3 Å². The number of carbonyl (C=O) groups excluding carboxylic acids is 1. The monoisotopic (exact) mass is 255 g/mol. The summed E-state index contributed by atoms with van der Waals surface area (Å²) in [6, 6.07) is -0.394. The van der Waals surface area contributed by atoms with Crippen molar-refractivity contribution in [1.82, 2.24) is 9.88 Å². The number of hydrogen-bond donors (Lipinski definition) is 1. The van der Waals surface area contributed by atoms with Crippen molar-refractivity contribution in [2.45, 2.75) is 39.8 Å². The third-order valence-corrected chi connectivity index (χ3v) is 3.38. The van der Waals surface area contributed by atoms with E-state index in [1.165, 1.54) is 0 Å². The second-order valence-corrected chi connectivity index (χ2v) is 6.10. The number of likely N-dealkylation sites (N-methyl/N-ethyl adjacent to an activating group) is 1. The van der Waals surface area contributed by atoms with E-state index in [1.54, 1.807) is 23.3 Å². The van der Waals surface area contributed by atoms with Gasteiger partial charge in [0.2, 0.25) is 5.91 Å². The number of aryl methyl sites for hydroxylation is 1. The molecule has 96 valence electrons. The number of hydrogen-bond acceptors (Lipinski definition) is 4. The summed E-state index contributed by atoms with van der Waals surface area (Å²) in [6.07, 6.45) is 2.54. The number of carbonyl (C=O) groups is 1. The minimum atomic E-state index is -0.394. The molecule has 1 unspecified atom stereocenters. The van der Waals surface area contributed by atoms with Gasteiger partial charge in [-0.05, 0) is 19.3 Å². The summed E-state index contributed by atoms with van der Waals surface area (Å²) < 4.78 is 0. The van der Waals surface area contributed by atoms with Crippen molar-refractivity contribution in [2.24, 2.45) is 11.7 Å². The first-order valence-electron chi connectivity index (χ1n) is 5.82. The average Bonchev–Trinajstić information content (AvgIpc) is 2.61. The first-order valence-corrected chi connectivity index (χ1v) is 6.63. The van der Waals surface area contributed by atoms with Gasteiger partial charge in [-0.2, -0.15) is 0 Å². The molecule has 17 heavy (non-hydrogen) atoms. The topological polar surface area (TPSA) is 59.2 Å². The molecule has 0 fully saturated rings. The number of nitrogens with two attached hydrogens (primary N) is 1. The van der Waals surface area contributed by atoms with E-state index in [1.807, 2.05) is 13.1 Å². The standard InChI is InChI=1S/C12H21N3OS/c1-8(2)5-11(13)12(16)15(4)7-10-6-14-9(3)17-10/h6,8,11H,5,7,13H2,1-4H3. The zero-order valence-corrected chi connectivity index (χ0v) is 11.8. The SMILES string of the molecule is Cc1ncc(CN(C)C(=O)C(N)CC(C)C)s1. The predicted molar refractivity (Wildman–Crippen MR) is 70.8 cm³/mol. The molecule has 0 saturated heterocycles. The highest BCUT2D eigenvalue weighted by Gasteiger charge is 2.19. The zero-order chi connectivity index (χ0) is 13.0. The van der Waals surface area contributed by atoms with Gasteiger partial charge in [-0.15, -0.1) is 11.3 Å².